The van der Waals surface area contributed by atoms with Gasteiger partial charge < -0.3 is 14.8 Å². The number of carbonyl (C=O) groups excluding carboxylic acids is 2. The third kappa shape index (κ3) is 5.07. The molecule has 0 radical (unpaired) electrons. The summed E-state index contributed by atoms with van der Waals surface area (Å²) in [6, 6.07) is 17.2. The van der Waals surface area contributed by atoms with Crippen LogP contribution in [0.25, 0.3) is 0 Å². The second kappa shape index (κ2) is 8.68. The van der Waals surface area contributed by atoms with Crippen molar-refractivity contribution in [3.05, 3.63) is 78.0 Å². The molecule has 0 saturated carbocycles. The molecule has 3 aromatic rings. The maximum Gasteiger partial charge on any atom is 0.418 e. The van der Waals surface area contributed by atoms with Crippen LogP contribution in [0.15, 0.2) is 66.9 Å². The maximum atomic E-state index is 12.2. The zero-order chi connectivity index (χ0) is 19.9. The van der Waals surface area contributed by atoms with Crippen LogP contribution in [-0.4, -0.2) is 24.1 Å². The lowest BCUT2D eigenvalue weighted by atomic mass is 10.2. The van der Waals surface area contributed by atoms with E-state index in [4.69, 9.17) is 9.47 Å². The van der Waals surface area contributed by atoms with Gasteiger partial charge in [-0.05, 0) is 49.4 Å². The summed E-state index contributed by atoms with van der Waals surface area (Å²) in [7, 11) is 1.56. The molecular formula is C21H19N3O4. The number of benzene rings is 2. The van der Waals surface area contributed by atoms with E-state index in [2.05, 4.69) is 15.6 Å². The summed E-state index contributed by atoms with van der Waals surface area (Å²) in [5.41, 5.74) is 2.68. The number of nitrogens with one attached hydrogen (secondary N) is 2. The highest BCUT2D eigenvalue weighted by atomic mass is 16.6. The maximum absolute atomic E-state index is 12.2. The van der Waals surface area contributed by atoms with Crippen LogP contribution in [0.5, 0.6) is 11.6 Å². The topological polar surface area (TPSA) is 89.5 Å². The van der Waals surface area contributed by atoms with Crippen molar-refractivity contribution >= 4 is 23.4 Å². The molecule has 7 nitrogen and oxygen atoms in total. The number of nitrogens with zero attached hydrogens (tertiary/aromatic N) is 1. The van der Waals surface area contributed by atoms with E-state index in [0.717, 1.165) is 5.56 Å². The van der Waals surface area contributed by atoms with Gasteiger partial charge in [0, 0.05) is 17.3 Å². The molecule has 28 heavy (non-hydrogen) atoms. The highest BCUT2D eigenvalue weighted by molar-refractivity contribution is 6.04. The number of aryl methyl sites for hydroxylation is 1. The third-order valence-electron chi connectivity index (χ3n) is 3.84. The molecule has 0 aliphatic rings. The van der Waals surface area contributed by atoms with E-state index in [0.29, 0.717) is 22.7 Å². The summed E-state index contributed by atoms with van der Waals surface area (Å²) in [4.78, 5) is 28.2. The molecular weight excluding hydrogens is 358 g/mol. The molecule has 0 spiro atoms. The Labute approximate surface area is 162 Å². The molecule has 2 N–H and O–H groups in total. The Morgan fingerprint density at radius 2 is 1.54 bits per heavy atom. The highest BCUT2D eigenvalue weighted by Gasteiger charge is 2.09. The number of amides is 2. The minimum absolute atomic E-state index is 0.118. The van der Waals surface area contributed by atoms with Crippen molar-refractivity contribution < 1.29 is 19.1 Å². The molecule has 0 bridgehead atoms. The molecule has 1 aromatic heterocycles. The number of pyridine rings is 1. The van der Waals surface area contributed by atoms with E-state index in [-0.39, 0.29) is 11.8 Å². The Morgan fingerprint density at radius 3 is 2.14 bits per heavy atom. The van der Waals surface area contributed by atoms with E-state index in [1.165, 1.54) is 12.3 Å². The minimum atomic E-state index is -0.647. The molecule has 0 fully saturated rings. The van der Waals surface area contributed by atoms with E-state index in [1.807, 2.05) is 19.1 Å². The summed E-state index contributed by atoms with van der Waals surface area (Å²) in [6.07, 6.45) is 0.766. The summed E-state index contributed by atoms with van der Waals surface area (Å²) in [6.45, 7) is 1.96. The van der Waals surface area contributed by atoms with Gasteiger partial charge in [-0.1, -0.05) is 17.7 Å². The molecule has 7 heteroatoms. The van der Waals surface area contributed by atoms with Crippen LogP contribution in [0.4, 0.5) is 16.2 Å². The molecule has 3 rings (SSSR count). The largest absolute Gasteiger partial charge is 0.497 e. The van der Waals surface area contributed by atoms with Gasteiger partial charge >= 0.3 is 6.09 Å². The van der Waals surface area contributed by atoms with Gasteiger partial charge in [0.05, 0.1) is 19.0 Å². The molecule has 2 aromatic carbocycles. The quantitative estimate of drug-likeness (QED) is 0.693. The van der Waals surface area contributed by atoms with Crippen molar-refractivity contribution in [2.24, 2.45) is 0 Å². The molecule has 142 valence electrons. The van der Waals surface area contributed by atoms with Crippen molar-refractivity contribution in [1.82, 2.24) is 4.98 Å². The van der Waals surface area contributed by atoms with Gasteiger partial charge in [0.2, 0.25) is 5.88 Å². The summed E-state index contributed by atoms with van der Waals surface area (Å²) in [5, 5.41) is 5.34. The lowest BCUT2D eigenvalue weighted by Crippen LogP contribution is -2.17. The van der Waals surface area contributed by atoms with Crippen LogP contribution in [0.1, 0.15) is 15.9 Å². The number of hydrogen-bond acceptors (Lipinski definition) is 5. The molecule has 0 atom stereocenters. The lowest BCUT2D eigenvalue weighted by Gasteiger charge is -2.08. The number of methoxy groups -OCH3 is 1. The first kappa shape index (κ1) is 18.9. The van der Waals surface area contributed by atoms with E-state index in [9.17, 15) is 9.59 Å². The fraction of sp³-hybridized carbons (Fsp3) is 0.0952. The molecule has 1 heterocycles. The average Bonchev–Trinajstić information content (AvgIpc) is 2.71. The van der Waals surface area contributed by atoms with Gasteiger partial charge in [0.1, 0.15) is 5.75 Å². The monoisotopic (exact) mass is 377 g/mol. The first-order valence-corrected chi connectivity index (χ1v) is 8.50. The number of anilines is 2. The SMILES string of the molecule is COc1ccc(C(=O)Nc2ccc(OC(=O)Nc3ccc(C)cc3)nc2)cc1. The number of carbonyl (C=O) groups is 2. The number of rotatable bonds is 5. The predicted octanol–water partition coefficient (Wildman–Crippen LogP) is 4.26. The fourth-order valence-electron chi connectivity index (χ4n) is 2.34. The van der Waals surface area contributed by atoms with Crippen LogP contribution in [-0.2, 0) is 0 Å². The van der Waals surface area contributed by atoms with Crippen LogP contribution < -0.4 is 20.1 Å². The Hall–Kier alpha value is -3.87. The van der Waals surface area contributed by atoms with Crippen molar-refractivity contribution in [2.75, 3.05) is 17.7 Å². The van der Waals surface area contributed by atoms with Crippen LogP contribution in [0, 0.1) is 6.92 Å². The summed E-state index contributed by atoms with van der Waals surface area (Å²) >= 11 is 0. The molecule has 2 amide bonds. The smallest absolute Gasteiger partial charge is 0.418 e. The van der Waals surface area contributed by atoms with E-state index in [1.54, 1.807) is 49.6 Å². The van der Waals surface area contributed by atoms with Gasteiger partial charge in [-0.15, -0.1) is 0 Å². The highest BCUT2D eigenvalue weighted by Crippen LogP contribution is 2.16. The number of aromatic nitrogens is 1. The summed E-state index contributed by atoms with van der Waals surface area (Å²) in [5.74, 6) is 0.505. The number of ether oxygens (including phenoxy) is 2. The van der Waals surface area contributed by atoms with Crippen LogP contribution in [0.2, 0.25) is 0 Å². The van der Waals surface area contributed by atoms with Crippen LogP contribution >= 0.6 is 0 Å². The zero-order valence-electron chi connectivity index (χ0n) is 15.4. The van der Waals surface area contributed by atoms with E-state index >= 15 is 0 Å². The molecule has 0 unspecified atom stereocenters. The Morgan fingerprint density at radius 1 is 0.857 bits per heavy atom. The minimum Gasteiger partial charge on any atom is -0.497 e. The van der Waals surface area contributed by atoms with Gasteiger partial charge in [-0.2, -0.15) is 0 Å². The van der Waals surface area contributed by atoms with Gasteiger partial charge in [0.25, 0.3) is 5.91 Å². The van der Waals surface area contributed by atoms with E-state index < -0.39 is 6.09 Å². The average molecular weight is 377 g/mol. The molecule has 0 saturated heterocycles. The van der Waals surface area contributed by atoms with Gasteiger partial charge in [0.15, 0.2) is 0 Å². The van der Waals surface area contributed by atoms with Crippen molar-refractivity contribution in [2.45, 2.75) is 6.92 Å². The molecule has 0 aliphatic heterocycles. The second-order valence-electron chi connectivity index (χ2n) is 5.95. The lowest BCUT2D eigenvalue weighted by molar-refractivity contribution is 0.102. The first-order chi connectivity index (χ1) is 13.5. The second-order valence-corrected chi connectivity index (χ2v) is 5.95. The Kier molecular flexibility index (Phi) is 5.86. The standard InChI is InChI=1S/C21H19N3O4/c1-14-3-7-16(8-4-14)24-21(26)28-19-12-9-17(13-22-19)23-20(25)15-5-10-18(27-2)11-6-15/h3-13H,1-2H3,(H,23,25)(H,24,26). The van der Waals surface area contributed by atoms with Crippen LogP contribution in [0.3, 0.4) is 0 Å². The van der Waals surface area contributed by atoms with Gasteiger partial charge in [-0.3, -0.25) is 10.1 Å². The normalized spacial score (nSPS) is 10.1. The zero-order valence-corrected chi connectivity index (χ0v) is 15.4. The number of hydrogen-bond donors (Lipinski definition) is 2. The van der Waals surface area contributed by atoms with Crippen molar-refractivity contribution in [3.63, 3.8) is 0 Å². The van der Waals surface area contributed by atoms with Crippen molar-refractivity contribution in [1.29, 1.82) is 0 Å². The van der Waals surface area contributed by atoms with Gasteiger partial charge in [-0.25, -0.2) is 9.78 Å². The summed E-state index contributed by atoms with van der Waals surface area (Å²) < 4.78 is 10.2. The molecule has 0 aliphatic carbocycles. The predicted molar refractivity (Wildman–Crippen MR) is 106 cm³/mol. The first-order valence-electron chi connectivity index (χ1n) is 8.50. The van der Waals surface area contributed by atoms with Crippen molar-refractivity contribution in [3.8, 4) is 11.6 Å². The third-order valence-corrected chi connectivity index (χ3v) is 3.84. The fourth-order valence-corrected chi connectivity index (χ4v) is 2.34. The Bertz CT molecular complexity index is 952. The Balaban J connectivity index is 1.55.